The van der Waals surface area contributed by atoms with E-state index in [4.69, 9.17) is 4.42 Å². The summed E-state index contributed by atoms with van der Waals surface area (Å²) in [6.45, 7) is 3.19. The third kappa shape index (κ3) is 3.92. The van der Waals surface area contributed by atoms with E-state index < -0.39 is 11.7 Å². The number of halogens is 3. The third-order valence-corrected chi connectivity index (χ3v) is 4.79. The Hall–Kier alpha value is -2.15. The maximum atomic E-state index is 12.9. The number of benzene rings is 1. The molecule has 0 spiro atoms. The fourth-order valence-corrected chi connectivity index (χ4v) is 3.25. The number of Topliss-reactive ketones (excluding diaryl/α,β-unsaturated/α-hetero) is 1. The van der Waals surface area contributed by atoms with Crippen LogP contribution in [-0.2, 0) is 6.18 Å². The molecular weight excluding hydrogens is 333 g/mol. The zero-order valence-corrected chi connectivity index (χ0v) is 13.8. The third-order valence-electron chi connectivity index (χ3n) is 4.79. The van der Waals surface area contributed by atoms with Gasteiger partial charge in [-0.3, -0.25) is 9.69 Å². The Morgan fingerprint density at radius 1 is 1.32 bits per heavy atom. The predicted molar refractivity (Wildman–Crippen MR) is 85.0 cm³/mol. The van der Waals surface area contributed by atoms with Crippen molar-refractivity contribution in [2.24, 2.45) is 5.92 Å². The topological polar surface area (TPSA) is 46.3 Å². The number of hydrogen-bond donors (Lipinski definition) is 0. The lowest BCUT2D eigenvalue weighted by Crippen LogP contribution is -2.38. The molecule has 0 saturated carbocycles. The van der Waals surface area contributed by atoms with Crippen molar-refractivity contribution in [2.45, 2.75) is 32.0 Å². The molecule has 7 heteroatoms. The molecule has 1 aliphatic heterocycles. The first-order chi connectivity index (χ1) is 11.9. The zero-order chi connectivity index (χ0) is 18.0. The first kappa shape index (κ1) is 17.7. The average molecular weight is 352 g/mol. The summed E-state index contributed by atoms with van der Waals surface area (Å²) in [5, 5.41) is 0. The van der Waals surface area contributed by atoms with Gasteiger partial charge in [0.15, 0.2) is 0 Å². The van der Waals surface area contributed by atoms with Crippen LogP contribution in [0.1, 0.15) is 47.6 Å². The van der Waals surface area contributed by atoms with Gasteiger partial charge in [0.2, 0.25) is 5.78 Å². The number of nitrogens with zero attached hydrogens (tertiary/aromatic N) is 2. The van der Waals surface area contributed by atoms with E-state index >= 15 is 0 Å². The fourth-order valence-electron chi connectivity index (χ4n) is 3.25. The van der Waals surface area contributed by atoms with Gasteiger partial charge in [0.1, 0.15) is 6.26 Å². The van der Waals surface area contributed by atoms with Crippen LogP contribution in [0.4, 0.5) is 13.2 Å². The van der Waals surface area contributed by atoms with Crippen LogP contribution in [0.15, 0.2) is 41.1 Å². The molecular formula is C18H19F3N2O2. The Labute approximate surface area is 143 Å². The van der Waals surface area contributed by atoms with Gasteiger partial charge in [-0.25, -0.2) is 4.98 Å². The maximum absolute atomic E-state index is 12.9. The van der Waals surface area contributed by atoms with Crippen molar-refractivity contribution in [3.63, 3.8) is 0 Å². The highest BCUT2D eigenvalue weighted by Crippen LogP contribution is 2.33. The minimum absolute atomic E-state index is 0.101. The minimum Gasteiger partial charge on any atom is -0.442 e. The van der Waals surface area contributed by atoms with Crippen LogP contribution in [0, 0.1) is 5.92 Å². The number of carbonyl (C=O) groups is 1. The van der Waals surface area contributed by atoms with Crippen LogP contribution >= 0.6 is 0 Å². The number of hydrogen-bond acceptors (Lipinski definition) is 4. The van der Waals surface area contributed by atoms with Gasteiger partial charge in [0.05, 0.1) is 11.8 Å². The molecule has 0 aliphatic carbocycles. The van der Waals surface area contributed by atoms with E-state index in [9.17, 15) is 18.0 Å². The van der Waals surface area contributed by atoms with Crippen molar-refractivity contribution >= 4 is 5.78 Å². The van der Waals surface area contributed by atoms with Gasteiger partial charge >= 0.3 is 6.18 Å². The molecule has 25 heavy (non-hydrogen) atoms. The summed E-state index contributed by atoms with van der Waals surface area (Å²) < 4.78 is 43.7. The Balaban J connectivity index is 1.64. The number of piperidine rings is 1. The van der Waals surface area contributed by atoms with E-state index in [-0.39, 0.29) is 23.6 Å². The molecule has 1 saturated heterocycles. The van der Waals surface area contributed by atoms with Gasteiger partial charge in [0.25, 0.3) is 5.89 Å². The molecule has 0 N–H and O–H groups in total. The van der Waals surface area contributed by atoms with Crippen molar-refractivity contribution in [3.8, 4) is 0 Å². The van der Waals surface area contributed by atoms with Crippen molar-refractivity contribution in [2.75, 3.05) is 13.1 Å². The van der Waals surface area contributed by atoms with Crippen LogP contribution in [0.3, 0.4) is 0 Å². The molecule has 1 fully saturated rings. The summed E-state index contributed by atoms with van der Waals surface area (Å²) >= 11 is 0. The number of rotatable bonds is 4. The minimum atomic E-state index is -4.34. The summed E-state index contributed by atoms with van der Waals surface area (Å²) in [5.74, 6) is -0.121. The summed E-state index contributed by atoms with van der Waals surface area (Å²) in [5.41, 5.74) is -0.00175. The number of ketones is 1. The second-order valence-corrected chi connectivity index (χ2v) is 6.31. The van der Waals surface area contributed by atoms with Crippen molar-refractivity contribution in [3.05, 3.63) is 53.7 Å². The first-order valence-electron chi connectivity index (χ1n) is 8.21. The molecule has 1 atom stereocenters. The Morgan fingerprint density at radius 3 is 2.64 bits per heavy atom. The number of aromatic nitrogens is 1. The highest BCUT2D eigenvalue weighted by molar-refractivity contribution is 5.93. The van der Waals surface area contributed by atoms with E-state index in [0.29, 0.717) is 31.5 Å². The molecule has 1 aliphatic rings. The molecule has 1 aromatic heterocycles. The number of likely N-dealkylation sites (tertiary alicyclic amines) is 1. The largest absolute Gasteiger partial charge is 0.442 e. The number of oxazole rings is 1. The lowest BCUT2D eigenvalue weighted by Gasteiger charge is -2.35. The van der Waals surface area contributed by atoms with E-state index in [1.165, 1.54) is 24.6 Å². The average Bonchev–Trinajstić information content (AvgIpc) is 3.15. The molecule has 134 valence electrons. The zero-order valence-electron chi connectivity index (χ0n) is 13.8. The van der Waals surface area contributed by atoms with Crippen molar-refractivity contribution < 1.29 is 22.4 Å². The van der Waals surface area contributed by atoms with Gasteiger partial charge in [-0.15, -0.1) is 0 Å². The van der Waals surface area contributed by atoms with Crippen LogP contribution in [0.2, 0.25) is 0 Å². The molecule has 1 unspecified atom stereocenters. The van der Waals surface area contributed by atoms with E-state index in [1.807, 2.05) is 6.92 Å². The smallest absolute Gasteiger partial charge is 0.416 e. The van der Waals surface area contributed by atoms with E-state index in [2.05, 4.69) is 9.88 Å². The summed E-state index contributed by atoms with van der Waals surface area (Å²) in [4.78, 5) is 18.3. The number of alkyl halides is 3. The lowest BCUT2D eigenvalue weighted by molar-refractivity contribution is -0.137. The SMILES string of the molecule is CC(c1cccc(C(F)(F)F)c1)N1CCC(C(=O)c2ncco2)CC1. The molecule has 4 nitrogen and oxygen atoms in total. The maximum Gasteiger partial charge on any atom is 0.416 e. The highest BCUT2D eigenvalue weighted by Gasteiger charge is 2.33. The van der Waals surface area contributed by atoms with E-state index in [1.54, 1.807) is 6.07 Å². The van der Waals surface area contributed by atoms with Gasteiger partial charge in [0, 0.05) is 12.0 Å². The van der Waals surface area contributed by atoms with Crippen LogP contribution < -0.4 is 0 Å². The normalized spacial score (nSPS) is 18.2. The van der Waals surface area contributed by atoms with Gasteiger partial charge < -0.3 is 4.42 Å². The van der Waals surface area contributed by atoms with Gasteiger partial charge in [-0.1, -0.05) is 12.1 Å². The fraction of sp³-hybridized carbons (Fsp3) is 0.444. The summed E-state index contributed by atoms with van der Waals surface area (Å²) in [6, 6.07) is 5.30. The second kappa shape index (κ2) is 7.00. The molecule has 1 aromatic carbocycles. The van der Waals surface area contributed by atoms with Crippen LogP contribution in [-0.4, -0.2) is 28.8 Å². The summed E-state index contributed by atoms with van der Waals surface area (Å²) in [7, 11) is 0. The quantitative estimate of drug-likeness (QED) is 0.768. The highest BCUT2D eigenvalue weighted by atomic mass is 19.4. The Bertz CT molecular complexity index is 720. The van der Waals surface area contributed by atoms with E-state index in [0.717, 1.165) is 6.07 Å². The Kier molecular flexibility index (Phi) is 4.94. The lowest BCUT2D eigenvalue weighted by atomic mass is 9.91. The van der Waals surface area contributed by atoms with Gasteiger partial charge in [-0.2, -0.15) is 13.2 Å². The van der Waals surface area contributed by atoms with Crippen molar-refractivity contribution in [1.29, 1.82) is 0 Å². The molecule has 3 rings (SSSR count). The van der Waals surface area contributed by atoms with Gasteiger partial charge in [-0.05, 0) is 50.6 Å². The number of carbonyl (C=O) groups excluding carboxylic acids is 1. The summed E-state index contributed by atoms with van der Waals surface area (Å²) in [6.07, 6.45) is -0.240. The second-order valence-electron chi connectivity index (χ2n) is 6.31. The van der Waals surface area contributed by atoms with Crippen LogP contribution in [0.5, 0.6) is 0 Å². The molecule has 0 radical (unpaired) electrons. The first-order valence-corrected chi connectivity index (χ1v) is 8.21. The van der Waals surface area contributed by atoms with Crippen molar-refractivity contribution in [1.82, 2.24) is 9.88 Å². The Morgan fingerprint density at radius 2 is 2.04 bits per heavy atom. The molecule has 2 aromatic rings. The standard InChI is InChI=1S/C18H19F3N2O2/c1-12(14-3-2-4-15(11-14)18(19,20)21)23-8-5-13(6-9-23)16(24)17-22-7-10-25-17/h2-4,7,10-13H,5-6,8-9H2,1H3. The molecule has 2 heterocycles. The van der Waals surface area contributed by atoms with Crippen LogP contribution in [0.25, 0.3) is 0 Å². The monoisotopic (exact) mass is 352 g/mol. The molecule has 0 amide bonds. The molecule has 0 bridgehead atoms. The predicted octanol–water partition coefficient (Wildman–Crippen LogP) is 4.35.